The molecule has 2 nitrogen and oxygen atoms in total. The Labute approximate surface area is 68.9 Å². The molecule has 0 aromatic carbocycles. The van der Waals surface area contributed by atoms with Gasteiger partial charge >= 0.3 is 0 Å². The highest BCUT2D eigenvalue weighted by molar-refractivity contribution is 4.85. The van der Waals surface area contributed by atoms with Crippen molar-refractivity contribution >= 4 is 0 Å². The molecule has 0 aromatic rings. The van der Waals surface area contributed by atoms with Crippen LogP contribution in [0.25, 0.3) is 0 Å². The molecule has 1 saturated carbocycles. The van der Waals surface area contributed by atoms with Gasteiger partial charge in [-0.15, -0.1) is 0 Å². The average Bonchev–Trinajstić information content (AvgIpc) is 2.67. The first-order valence-electron chi connectivity index (χ1n) is 4.52. The fraction of sp³-hybridized carbons (Fsp3) is 1.00. The highest BCUT2D eigenvalue weighted by Crippen LogP contribution is 2.42. The molecular formula is C9H18O2. The third-order valence-corrected chi connectivity index (χ3v) is 2.18. The predicted octanol–water partition coefficient (Wildman–Crippen LogP) is 2.04. The molecule has 2 atom stereocenters. The smallest absolute Gasteiger partial charge is 0.160 e. The van der Waals surface area contributed by atoms with Crippen LogP contribution in [0.15, 0.2) is 0 Å². The van der Waals surface area contributed by atoms with Gasteiger partial charge in [-0.05, 0) is 26.2 Å². The van der Waals surface area contributed by atoms with Crippen molar-refractivity contribution in [2.24, 2.45) is 11.8 Å². The minimum absolute atomic E-state index is 0.0694. The lowest BCUT2D eigenvalue weighted by Crippen LogP contribution is -2.20. The van der Waals surface area contributed by atoms with E-state index in [-0.39, 0.29) is 6.29 Å². The van der Waals surface area contributed by atoms with E-state index in [0.29, 0.717) is 5.92 Å². The first-order chi connectivity index (χ1) is 5.29. The summed E-state index contributed by atoms with van der Waals surface area (Å²) in [5.41, 5.74) is 0. The summed E-state index contributed by atoms with van der Waals surface area (Å²) < 4.78 is 10.9. The van der Waals surface area contributed by atoms with E-state index in [1.165, 1.54) is 6.42 Å². The molecule has 1 rings (SSSR count). The molecule has 0 spiro atoms. The molecular weight excluding hydrogens is 140 g/mol. The molecule has 2 unspecified atom stereocenters. The summed E-state index contributed by atoms with van der Waals surface area (Å²) >= 11 is 0. The quantitative estimate of drug-likeness (QED) is 0.570. The molecule has 0 aliphatic heterocycles. The van der Waals surface area contributed by atoms with E-state index in [9.17, 15) is 0 Å². The highest BCUT2D eigenvalue weighted by Gasteiger charge is 2.40. The van der Waals surface area contributed by atoms with Crippen LogP contribution in [0.5, 0.6) is 0 Å². The molecule has 1 fully saturated rings. The van der Waals surface area contributed by atoms with Gasteiger partial charge < -0.3 is 9.47 Å². The largest absolute Gasteiger partial charge is 0.353 e. The van der Waals surface area contributed by atoms with E-state index in [1.54, 1.807) is 0 Å². The summed E-state index contributed by atoms with van der Waals surface area (Å²) in [6.07, 6.45) is 1.34. The lowest BCUT2D eigenvalue weighted by Gasteiger charge is -2.16. The standard InChI is InChI=1S/C9H18O2/c1-4-10-9(11-5-2)8-6-7(8)3/h7-9H,4-6H2,1-3H3. The van der Waals surface area contributed by atoms with Gasteiger partial charge in [-0.2, -0.15) is 0 Å². The molecule has 2 heteroatoms. The fourth-order valence-electron chi connectivity index (χ4n) is 1.35. The lowest BCUT2D eigenvalue weighted by atomic mass is 10.3. The van der Waals surface area contributed by atoms with Crippen LogP contribution >= 0.6 is 0 Å². The van der Waals surface area contributed by atoms with E-state index in [0.717, 1.165) is 19.1 Å². The second kappa shape index (κ2) is 4.07. The Hall–Kier alpha value is -0.0800. The van der Waals surface area contributed by atoms with Crippen LogP contribution in [0.3, 0.4) is 0 Å². The predicted molar refractivity (Wildman–Crippen MR) is 44.3 cm³/mol. The Kier molecular flexibility index (Phi) is 3.34. The van der Waals surface area contributed by atoms with Crippen molar-refractivity contribution in [1.29, 1.82) is 0 Å². The molecule has 0 saturated heterocycles. The normalized spacial score (nSPS) is 29.5. The second-order valence-corrected chi connectivity index (χ2v) is 3.16. The third kappa shape index (κ3) is 2.46. The van der Waals surface area contributed by atoms with Gasteiger partial charge in [0.25, 0.3) is 0 Å². The van der Waals surface area contributed by atoms with Crippen LogP contribution in [0.4, 0.5) is 0 Å². The Morgan fingerprint density at radius 2 is 1.73 bits per heavy atom. The molecule has 1 aliphatic carbocycles. The Morgan fingerprint density at radius 1 is 1.27 bits per heavy atom. The van der Waals surface area contributed by atoms with Gasteiger partial charge in [-0.1, -0.05) is 6.92 Å². The van der Waals surface area contributed by atoms with Crippen LogP contribution in [0.1, 0.15) is 27.2 Å². The molecule has 0 radical (unpaired) electrons. The number of hydrogen-bond donors (Lipinski definition) is 0. The Morgan fingerprint density at radius 3 is 2.00 bits per heavy atom. The number of hydrogen-bond acceptors (Lipinski definition) is 2. The first-order valence-corrected chi connectivity index (χ1v) is 4.52. The molecule has 11 heavy (non-hydrogen) atoms. The van der Waals surface area contributed by atoms with E-state index >= 15 is 0 Å². The minimum atomic E-state index is 0.0694. The maximum atomic E-state index is 5.45. The number of ether oxygens (including phenoxy) is 2. The van der Waals surface area contributed by atoms with Crippen molar-refractivity contribution in [2.75, 3.05) is 13.2 Å². The summed E-state index contributed by atoms with van der Waals surface area (Å²) in [6, 6.07) is 0. The third-order valence-electron chi connectivity index (χ3n) is 2.18. The van der Waals surface area contributed by atoms with Gasteiger partial charge in [-0.25, -0.2) is 0 Å². The van der Waals surface area contributed by atoms with Crippen molar-refractivity contribution in [3.05, 3.63) is 0 Å². The fourth-order valence-corrected chi connectivity index (χ4v) is 1.35. The van der Waals surface area contributed by atoms with E-state index in [2.05, 4.69) is 6.92 Å². The number of rotatable bonds is 5. The Balaban J connectivity index is 2.22. The zero-order valence-corrected chi connectivity index (χ0v) is 7.67. The molecule has 66 valence electrons. The highest BCUT2D eigenvalue weighted by atomic mass is 16.7. The zero-order chi connectivity index (χ0) is 8.27. The van der Waals surface area contributed by atoms with Crippen LogP contribution in [0.2, 0.25) is 0 Å². The SMILES string of the molecule is CCOC(OCC)C1CC1C. The van der Waals surface area contributed by atoms with E-state index in [4.69, 9.17) is 9.47 Å². The van der Waals surface area contributed by atoms with E-state index in [1.807, 2.05) is 13.8 Å². The molecule has 0 heterocycles. The van der Waals surface area contributed by atoms with Gasteiger partial charge in [0.15, 0.2) is 6.29 Å². The molecule has 0 aromatic heterocycles. The monoisotopic (exact) mass is 158 g/mol. The van der Waals surface area contributed by atoms with Gasteiger partial charge in [0.05, 0.1) is 0 Å². The van der Waals surface area contributed by atoms with Crippen LogP contribution < -0.4 is 0 Å². The first kappa shape index (κ1) is 9.01. The van der Waals surface area contributed by atoms with Gasteiger partial charge in [0.1, 0.15) is 0 Å². The lowest BCUT2D eigenvalue weighted by molar-refractivity contribution is -0.150. The molecule has 0 amide bonds. The van der Waals surface area contributed by atoms with Crippen LogP contribution in [0, 0.1) is 11.8 Å². The molecule has 1 aliphatic rings. The van der Waals surface area contributed by atoms with Crippen molar-refractivity contribution in [3.63, 3.8) is 0 Å². The maximum absolute atomic E-state index is 5.45. The summed E-state index contributed by atoms with van der Waals surface area (Å²) in [7, 11) is 0. The van der Waals surface area contributed by atoms with Crippen LogP contribution in [-0.4, -0.2) is 19.5 Å². The van der Waals surface area contributed by atoms with Crippen molar-refractivity contribution in [3.8, 4) is 0 Å². The summed E-state index contributed by atoms with van der Waals surface area (Å²) in [5.74, 6) is 1.47. The van der Waals surface area contributed by atoms with Crippen LogP contribution in [-0.2, 0) is 9.47 Å². The summed E-state index contributed by atoms with van der Waals surface area (Å²) in [6.45, 7) is 7.79. The summed E-state index contributed by atoms with van der Waals surface area (Å²) in [5, 5.41) is 0. The van der Waals surface area contributed by atoms with Gasteiger partial charge in [0.2, 0.25) is 0 Å². The second-order valence-electron chi connectivity index (χ2n) is 3.16. The topological polar surface area (TPSA) is 18.5 Å². The van der Waals surface area contributed by atoms with E-state index < -0.39 is 0 Å². The zero-order valence-electron chi connectivity index (χ0n) is 7.67. The molecule has 0 N–H and O–H groups in total. The van der Waals surface area contributed by atoms with Gasteiger partial charge in [0, 0.05) is 19.1 Å². The maximum Gasteiger partial charge on any atom is 0.160 e. The summed E-state index contributed by atoms with van der Waals surface area (Å²) in [4.78, 5) is 0. The van der Waals surface area contributed by atoms with Crippen molar-refractivity contribution in [2.45, 2.75) is 33.5 Å². The molecule has 0 bridgehead atoms. The van der Waals surface area contributed by atoms with Gasteiger partial charge in [-0.3, -0.25) is 0 Å². The minimum Gasteiger partial charge on any atom is -0.353 e. The van der Waals surface area contributed by atoms with Crippen molar-refractivity contribution in [1.82, 2.24) is 0 Å². The Bertz CT molecular complexity index is 108. The average molecular weight is 158 g/mol. The van der Waals surface area contributed by atoms with Crippen molar-refractivity contribution < 1.29 is 9.47 Å².